The molecule has 0 aliphatic carbocycles. The SMILES string of the molecule is COC(CC(=O)O)C(C)C. The van der Waals surface area contributed by atoms with Crippen LogP contribution in [0.2, 0.25) is 0 Å². The lowest BCUT2D eigenvalue weighted by atomic mass is 10.0. The molecule has 0 saturated carbocycles. The van der Waals surface area contributed by atoms with Gasteiger partial charge in [-0.3, -0.25) is 4.79 Å². The number of carbonyl (C=O) groups is 1. The van der Waals surface area contributed by atoms with Crippen LogP contribution in [0.3, 0.4) is 0 Å². The lowest BCUT2D eigenvalue weighted by Crippen LogP contribution is -2.21. The monoisotopic (exact) mass is 146 g/mol. The molecule has 0 aromatic rings. The Kier molecular flexibility index (Phi) is 4.03. The fourth-order valence-electron chi connectivity index (χ4n) is 0.763. The first-order chi connectivity index (χ1) is 4.57. The Bertz CT molecular complexity index is 109. The lowest BCUT2D eigenvalue weighted by Gasteiger charge is -2.16. The number of aliphatic carboxylic acids is 1. The molecule has 3 nitrogen and oxygen atoms in total. The van der Waals surface area contributed by atoms with E-state index in [0.29, 0.717) is 0 Å². The van der Waals surface area contributed by atoms with E-state index in [-0.39, 0.29) is 18.4 Å². The summed E-state index contributed by atoms with van der Waals surface area (Å²) in [5, 5.41) is 8.38. The van der Waals surface area contributed by atoms with Gasteiger partial charge < -0.3 is 9.84 Å². The summed E-state index contributed by atoms with van der Waals surface area (Å²) in [5.74, 6) is -0.540. The molecular formula is C7H14O3. The van der Waals surface area contributed by atoms with Crippen LogP contribution in [0.25, 0.3) is 0 Å². The van der Waals surface area contributed by atoms with Crippen LogP contribution in [0, 0.1) is 5.92 Å². The highest BCUT2D eigenvalue weighted by atomic mass is 16.5. The number of rotatable bonds is 4. The molecule has 0 saturated heterocycles. The van der Waals surface area contributed by atoms with Gasteiger partial charge in [-0.05, 0) is 5.92 Å². The van der Waals surface area contributed by atoms with Crippen LogP contribution >= 0.6 is 0 Å². The van der Waals surface area contributed by atoms with E-state index in [2.05, 4.69) is 0 Å². The van der Waals surface area contributed by atoms with Crippen LogP contribution in [0.4, 0.5) is 0 Å². The number of methoxy groups -OCH3 is 1. The molecule has 60 valence electrons. The van der Waals surface area contributed by atoms with Gasteiger partial charge in [-0.2, -0.15) is 0 Å². The molecule has 0 rings (SSSR count). The molecule has 0 aliphatic rings. The largest absolute Gasteiger partial charge is 0.481 e. The topological polar surface area (TPSA) is 46.5 Å². The van der Waals surface area contributed by atoms with Crippen molar-refractivity contribution >= 4 is 5.97 Å². The first-order valence-electron chi connectivity index (χ1n) is 3.32. The Morgan fingerprint density at radius 1 is 1.60 bits per heavy atom. The summed E-state index contributed by atoms with van der Waals surface area (Å²) in [6.45, 7) is 3.88. The Balaban J connectivity index is 3.71. The Morgan fingerprint density at radius 2 is 2.10 bits per heavy atom. The number of carboxylic acid groups (broad SMARTS) is 1. The highest BCUT2D eigenvalue weighted by Gasteiger charge is 2.15. The van der Waals surface area contributed by atoms with E-state index in [1.54, 1.807) is 0 Å². The van der Waals surface area contributed by atoms with Gasteiger partial charge in [0.1, 0.15) is 0 Å². The summed E-state index contributed by atoms with van der Waals surface area (Å²) < 4.78 is 4.94. The summed E-state index contributed by atoms with van der Waals surface area (Å²) in [6, 6.07) is 0. The zero-order valence-electron chi connectivity index (χ0n) is 6.63. The van der Waals surface area contributed by atoms with E-state index in [1.807, 2.05) is 13.8 Å². The normalized spacial score (nSPS) is 13.6. The van der Waals surface area contributed by atoms with Gasteiger partial charge in [0.15, 0.2) is 0 Å². The van der Waals surface area contributed by atoms with Gasteiger partial charge in [-0.15, -0.1) is 0 Å². The molecule has 0 aromatic heterocycles. The molecule has 0 heterocycles. The fraction of sp³-hybridized carbons (Fsp3) is 0.857. The maximum Gasteiger partial charge on any atom is 0.305 e. The highest BCUT2D eigenvalue weighted by molar-refractivity contribution is 5.67. The van der Waals surface area contributed by atoms with Crippen molar-refractivity contribution in [3.8, 4) is 0 Å². The molecule has 1 N–H and O–H groups in total. The van der Waals surface area contributed by atoms with E-state index in [9.17, 15) is 4.79 Å². The average molecular weight is 146 g/mol. The van der Waals surface area contributed by atoms with E-state index < -0.39 is 5.97 Å². The third-order valence-electron chi connectivity index (χ3n) is 1.42. The van der Waals surface area contributed by atoms with Gasteiger partial charge >= 0.3 is 5.97 Å². The van der Waals surface area contributed by atoms with Crippen molar-refractivity contribution in [2.24, 2.45) is 5.92 Å². The molecule has 0 aliphatic heterocycles. The molecule has 0 spiro atoms. The Labute approximate surface area is 61.0 Å². The maximum absolute atomic E-state index is 10.2. The van der Waals surface area contributed by atoms with Crippen LogP contribution in [-0.4, -0.2) is 24.3 Å². The van der Waals surface area contributed by atoms with Crippen molar-refractivity contribution in [3.05, 3.63) is 0 Å². The maximum atomic E-state index is 10.2. The molecule has 1 atom stereocenters. The summed E-state index contributed by atoms with van der Waals surface area (Å²) >= 11 is 0. The second-order valence-electron chi connectivity index (χ2n) is 2.62. The van der Waals surface area contributed by atoms with Gasteiger partial charge in [0.25, 0.3) is 0 Å². The molecule has 1 unspecified atom stereocenters. The van der Waals surface area contributed by atoms with E-state index in [1.165, 1.54) is 7.11 Å². The Hall–Kier alpha value is -0.570. The third kappa shape index (κ3) is 3.45. The van der Waals surface area contributed by atoms with Gasteiger partial charge in [-0.25, -0.2) is 0 Å². The molecule has 3 heteroatoms. The van der Waals surface area contributed by atoms with Crippen molar-refractivity contribution in [2.75, 3.05) is 7.11 Å². The number of carboxylic acids is 1. The van der Waals surface area contributed by atoms with Crippen molar-refractivity contribution in [1.82, 2.24) is 0 Å². The van der Waals surface area contributed by atoms with Crippen LogP contribution in [-0.2, 0) is 9.53 Å². The van der Waals surface area contributed by atoms with Gasteiger partial charge in [-0.1, -0.05) is 13.8 Å². The first kappa shape index (κ1) is 9.43. The minimum absolute atomic E-state index is 0.0914. The fourth-order valence-corrected chi connectivity index (χ4v) is 0.763. The predicted octanol–water partition coefficient (Wildman–Crippen LogP) is 1.13. The molecule has 0 fully saturated rings. The molecule has 0 aromatic carbocycles. The minimum Gasteiger partial charge on any atom is -0.481 e. The molecule has 0 amide bonds. The second kappa shape index (κ2) is 4.28. The summed E-state index contributed by atoms with van der Waals surface area (Å²) in [6.07, 6.45) is -0.0637. The molecule has 0 radical (unpaired) electrons. The molecular weight excluding hydrogens is 132 g/mol. The summed E-state index contributed by atoms with van der Waals surface area (Å²) in [4.78, 5) is 10.2. The number of hydrogen-bond acceptors (Lipinski definition) is 2. The van der Waals surface area contributed by atoms with E-state index in [4.69, 9.17) is 9.84 Å². The van der Waals surface area contributed by atoms with Gasteiger partial charge in [0.05, 0.1) is 12.5 Å². The standard InChI is InChI=1S/C7H14O3/c1-5(2)6(10-3)4-7(8)9/h5-6H,4H2,1-3H3,(H,8,9). The van der Waals surface area contributed by atoms with E-state index >= 15 is 0 Å². The lowest BCUT2D eigenvalue weighted by molar-refractivity contribution is -0.140. The number of ether oxygens (including phenoxy) is 1. The zero-order chi connectivity index (χ0) is 8.15. The van der Waals surface area contributed by atoms with Crippen LogP contribution in [0.15, 0.2) is 0 Å². The zero-order valence-corrected chi connectivity index (χ0v) is 6.63. The first-order valence-corrected chi connectivity index (χ1v) is 3.32. The van der Waals surface area contributed by atoms with Crippen molar-refractivity contribution in [1.29, 1.82) is 0 Å². The van der Waals surface area contributed by atoms with Crippen molar-refractivity contribution < 1.29 is 14.6 Å². The smallest absolute Gasteiger partial charge is 0.305 e. The molecule has 10 heavy (non-hydrogen) atoms. The average Bonchev–Trinajstić information content (AvgIpc) is 1.81. The molecule has 0 bridgehead atoms. The Morgan fingerprint density at radius 3 is 2.20 bits per heavy atom. The third-order valence-corrected chi connectivity index (χ3v) is 1.42. The second-order valence-corrected chi connectivity index (χ2v) is 2.62. The quantitative estimate of drug-likeness (QED) is 0.646. The summed E-state index contributed by atoms with van der Waals surface area (Å²) in [7, 11) is 1.54. The van der Waals surface area contributed by atoms with Gasteiger partial charge in [0, 0.05) is 7.11 Å². The van der Waals surface area contributed by atoms with Crippen LogP contribution in [0.1, 0.15) is 20.3 Å². The minimum atomic E-state index is -0.805. The summed E-state index contributed by atoms with van der Waals surface area (Å²) in [5.41, 5.74) is 0. The predicted molar refractivity (Wildman–Crippen MR) is 37.9 cm³/mol. The van der Waals surface area contributed by atoms with Crippen molar-refractivity contribution in [2.45, 2.75) is 26.4 Å². The van der Waals surface area contributed by atoms with E-state index in [0.717, 1.165) is 0 Å². The number of hydrogen-bond donors (Lipinski definition) is 1. The van der Waals surface area contributed by atoms with Gasteiger partial charge in [0.2, 0.25) is 0 Å². The van der Waals surface area contributed by atoms with Crippen molar-refractivity contribution in [3.63, 3.8) is 0 Å². The highest BCUT2D eigenvalue weighted by Crippen LogP contribution is 2.08. The van der Waals surface area contributed by atoms with Crippen LogP contribution < -0.4 is 0 Å². The van der Waals surface area contributed by atoms with Crippen LogP contribution in [0.5, 0.6) is 0 Å².